The van der Waals surface area contributed by atoms with Crippen LogP contribution in [-0.2, 0) is 16.2 Å². The second-order valence-corrected chi connectivity index (χ2v) is 17.3. The molecule has 1 aliphatic rings. The third-order valence-corrected chi connectivity index (χ3v) is 7.93. The van der Waals surface area contributed by atoms with Crippen molar-refractivity contribution in [3.63, 3.8) is 0 Å². The van der Waals surface area contributed by atoms with Crippen LogP contribution in [0.3, 0.4) is 0 Å². The second-order valence-electron chi connectivity index (χ2n) is 10.7. The highest BCUT2D eigenvalue weighted by atomic mass is 32.1. The quantitative estimate of drug-likeness (QED) is 0.314. The van der Waals surface area contributed by atoms with Crippen molar-refractivity contribution in [1.82, 2.24) is 14.5 Å². The first kappa shape index (κ1) is 23.8. The Balaban J connectivity index is 1.91. The van der Waals surface area contributed by atoms with E-state index in [0.717, 1.165) is 40.1 Å². The Kier molecular flexibility index (Phi) is 6.89. The Hall–Kier alpha value is -1.82. The molecule has 0 bridgehead atoms. The lowest BCUT2D eigenvalue weighted by Gasteiger charge is -2.28. The maximum atomic E-state index is 12.9. The molecular weight excluding hydrogens is 426 g/mol. The van der Waals surface area contributed by atoms with Gasteiger partial charge in [-0.3, -0.25) is 4.90 Å². The van der Waals surface area contributed by atoms with E-state index in [1.54, 1.807) is 0 Å². The second kappa shape index (κ2) is 8.97. The van der Waals surface area contributed by atoms with Gasteiger partial charge in [-0.2, -0.15) is 0 Å². The molecule has 2 aromatic rings. The maximum absolute atomic E-state index is 12.9. The lowest BCUT2D eigenvalue weighted by molar-refractivity contribution is 0.0201. The van der Waals surface area contributed by atoms with Gasteiger partial charge in [0.2, 0.25) is 0 Å². The highest BCUT2D eigenvalue weighted by Crippen LogP contribution is 2.38. The van der Waals surface area contributed by atoms with Crippen molar-refractivity contribution < 1.29 is 14.3 Å². The summed E-state index contributed by atoms with van der Waals surface area (Å²) in [5, 5.41) is 0. The molecule has 170 valence electrons. The lowest BCUT2D eigenvalue weighted by atomic mass is 10.1. The number of carbonyl (C=O) groups is 1. The first-order chi connectivity index (χ1) is 14.4. The van der Waals surface area contributed by atoms with Crippen LogP contribution in [0.15, 0.2) is 6.07 Å². The van der Waals surface area contributed by atoms with Crippen molar-refractivity contribution in [3.8, 4) is 12.3 Å². The molecule has 0 spiro atoms. The SMILES string of the molecule is C#Cc1cc2c(nc(C3C[C@H](C)CN3C(=O)OC(C)(C)C)n2COCC[Si](C)(C)C)s1. The number of ether oxygens (including phenoxy) is 2. The van der Waals surface area contributed by atoms with Crippen molar-refractivity contribution in [1.29, 1.82) is 0 Å². The van der Waals surface area contributed by atoms with Gasteiger partial charge in [0.25, 0.3) is 0 Å². The highest BCUT2D eigenvalue weighted by molar-refractivity contribution is 7.19. The van der Waals surface area contributed by atoms with Crippen molar-refractivity contribution in [2.45, 2.75) is 78.2 Å². The summed E-state index contributed by atoms with van der Waals surface area (Å²) in [7, 11) is -1.18. The molecule has 0 radical (unpaired) electrons. The summed E-state index contributed by atoms with van der Waals surface area (Å²) in [4.78, 5) is 21.4. The Morgan fingerprint density at radius 1 is 1.39 bits per heavy atom. The Labute approximate surface area is 190 Å². The predicted octanol–water partition coefficient (Wildman–Crippen LogP) is 5.71. The molecule has 8 heteroatoms. The number of amides is 1. The van der Waals surface area contributed by atoms with Crippen LogP contribution in [0.5, 0.6) is 0 Å². The van der Waals surface area contributed by atoms with Crippen molar-refractivity contribution in [2.75, 3.05) is 13.2 Å². The Morgan fingerprint density at radius 2 is 2.10 bits per heavy atom. The van der Waals surface area contributed by atoms with E-state index in [2.05, 4.69) is 37.1 Å². The number of nitrogens with zero attached hydrogens (tertiary/aromatic N) is 3. The molecule has 0 aromatic carbocycles. The molecule has 2 atom stereocenters. The number of imidazole rings is 1. The molecule has 0 saturated carbocycles. The summed E-state index contributed by atoms with van der Waals surface area (Å²) in [5.41, 5.74) is 0.440. The van der Waals surface area contributed by atoms with Crippen LogP contribution in [0.4, 0.5) is 4.79 Å². The fourth-order valence-electron chi connectivity index (χ4n) is 3.74. The molecule has 1 aliphatic heterocycles. The van der Waals surface area contributed by atoms with E-state index in [9.17, 15) is 4.79 Å². The minimum Gasteiger partial charge on any atom is -0.444 e. The van der Waals surface area contributed by atoms with Crippen LogP contribution in [0.25, 0.3) is 10.3 Å². The molecule has 1 fully saturated rings. The first-order valence-electron chi connectivity index (χ1n) is 10.9. The van der Waals surface area contributed by atoms with Gasteiger partial charge in [-0.05, 0) is 45.2 Å². The molecule has 0 aliphatic carbocycles. The Bertz CT molecular complexity index is 977. The normalized spacial score (nSPS) is 19.7. The molecule has 31 heavy (non-hydrogen) atoms. The number of aromatic nitrogens is 2. The molecule has 2 aromatic heterocycles. The third kappa shape index (κ3) is 5.91. The largest absolute Gasteiger partial charge is 0.444 e. The summed E-state index contributed by atoms with van der Waals surface area (Å²) < 4.78 is 13.9. The van der Waals surface area contributed by atoms with Crippen molar-refractivity contribution >= 4 is 35.9 Å². The maximum Gasteiger partial charge on any atom is 0.410 e. The van der Waals surface area contributed by atoms with Crippen LogP contribution in [0.1, 0.15) is 50.9 Å². The number of terminal acetylenes is 1. The van der Waals surface area contributed by atoms with Gasteiger partial charge < -0.3 is 14.0 Å². The van der Waals surface area contributed by atoms with E-state index >= 15 is 0 Å². The smallest absolute Gasteiger partial charge is 0.410 e. The highest BCUT2D eigenvalue weighted by Gasteiger charge is 2.39. The predicted molar refractivity (Wildman–Crippen MR) is 129 cm³/mol. The van der Waals surface area contributed by atoms with E-state index in [1.165, 1.54) is 11.3 Å². The number of carbonyl (C=O) groups excluding carboxylic acids is 1. The minimum absolute atomic E-state index is 0.140. The molecule has 6 nitrogen and oxygen atoms in total. The zero-order valence-electron chi connectivity index (χ0n) is 19.8. The number of likely N-dealkylation sites (tertiary alicyclic amines) is 1. The fourth-order valence-corrected chi connectivity index (χ4v) is 5.35. The van der Waals surface area contributed by atoms with Crippen LogP contribution in [0, 0.1) is 18.3 Å². The zero-order chi connectivity index (χ0) is 23.0. The monoisotopic (exact) mass is 461 g/mol. The van der Waals surface area contributed by atoms with Crippen LogP contribution in [-0.4, -0.2) is 47.4 Å². The summed E-state index contributed by atoms with van der Waals surface area (Å²) in [5.74, 6) is 3.94. The average Bonchev–Trinajstić information content (AvgIpc) is 3.28. The summed E-state index contributed by atoms with van der Waals surface area (Å²) in [6, 6.07) is 2.96. The van der Waals surface area contributed by atoms with E-state index < -0.39 is 13.7 Å². The zero-order valence-corrected chi connectivity index (χ0v) is 21.6. The van der Waals surface area contributed by atoms with E-state index in [1.807, 2.05) is 31.7 Å². The number of fused-ring (bicyclic) bond motifs is 1. The summed E-state index contributed by atoms with van der Waals surface area (Å²) in [6.07, 6.45) is 6.18. The average molecular weight is 462 g/mol. The number of hydrogen-bond acceptors (Lipinski definition) is 5. The molecule has 0 N–H and O–H groups in total. The summed E-state index contributed by atoms with van der Waals surface area (Å²) in [6.45, 7) is 16.6. The van der Waals surface area contributed by atoms with Gasteiger partial charge in [0.1, 0.15) is 23.0 Å². The number of rotatable bonds is 6. The van der Waals surface area contributed by atoms with Crippen molar-refractivity contribution in [3.05, 3.63) is 16.8 Å². The Morgan fingerprint density at radius 3 is 2.71 bits per heavy atom. The molecule has 3 rings (SSSR count). The van der Waals surface area contributed by atoms with Gasteiger partial charge in [0.15, 0.2) is 0 Å². The topological polar surface area (TPSA) is 56.6 Å². The molecule has 1 saturated heterocycles. The molecule has 3 heterocycles. The van der Waals surface area contributed by atoms with Gasteiger partial charge in [-0.15, -0.1) is 17.8 Å². The number of thiophene rings is 1. The lowest BCUT2D eigenvalue weighted by Crippen LogP contribution is -2.37. The van der Waals surface area contributed by atoms with Gasteiger partial charge >= 0.3 is 6.09 Å². The fraction of sp³-hybridized carbons (Fsp3) is 0.652. The first-order valence-corrected chi connectivity index (χ1v) is 15.4. The van der Waals surface area contributed by atoms with Crippen LogP contribution in [0.2, 0.25) is 25.7 Å². The van der Waals surface area contributed by atoms with E-state index in [0.29, 0.717) is 19.2 Å². The number of hydrogen-bond donors (Lipinski definition) is 0. The van der Waals surface area contributed by atoms with E-state index in [-0.39, 0.29) is 12.1 Å². The molecular formula is C23H35N3O3SSi. The van der Waals surface area contributed by atoms with E-state index in [4.69, 9.17) is 20.9 Å². The standard InChI is InChI=1S/C23H35N3O3SSi/c1-9-17-13-19-21(30-17)24-20(26(19)15-28-10-11-31(6,7)8)18-12-16(2)14-25(18)22(27)29-23(3,4)5/h1,13,16,18H,10-12,14-15H2,2-8H3/t16-,18?/m0/s1. The van der Waals surface area contributed by atoms with Crippen LogP contribution >= 0.6 is 11.3 Å². The van der Waals surface area contributed by atoms with Gasteiger partial charge in [-0.1, -0.05) is 32.5 Å². The van der Waals surface area contributed by atoms with Crippen LogP contribution < -0.4 is 0 Å². The third-order valence-electron chi connectivity index (χ3n) is 5.27. The van der Waals surface area contributed by atoms with Gasteiger partial charge in [0.05, 0.1) is 16.4 Å². The van der Waals surface area contributed by atoms with Crippen molar-refractivity contribution in [2.24, 2.45) is 5.92 Å². The van der Waals surface area contributed by atoms with Gasteiger partial charge in [0, 0.05) is 21.2 Å². The minimum atomic E-state index is -1.18. The summed E-state index contributed by atoms with van der Waals surface area (Å²) >= 11 is 1.50. The molecule has 1 amide bonds. The molecule has 1 unspecified atom stereocenters. The van der Waals surface area contributed by atoms with Gasteiger partial charge in [-0.25, -0.2) is 9.78 Å².